The quantitative estimate of drug-likeness (QED) is 0.623. The first-order chi connectivity index (χ1) is 15.9. The van der Waals surface area contributed by atoms with Crippen LogP contribution in [0.25, 0.3) is 10.9 Å². The summed E-state index contributed by atoms with van der Waals surface area (Å²) < 4.78 is 28.4. The van der Waals surface area contributed by atoms with Crippen molar-refractivity contribution in [3.05, 3.63) is 68.9 Å². The smallest absolute Gasteiger partial charge is 0.310 e. The van der Waals surface area contributed by atoms with Gasteiger partial charge < -0.3 is 9.88 Å². The fourth-order valence-corrected chi connectivity index (χ4v) is 6.18. The summed E-state index contributed by atoms with van der Waals surface area (Å²) in [5, 5.41) is 0.333. The molecule has 172 valence electrons. The number of H-pyrrole nitrogens is 1. The van der Waals surface area contributed by atoms with Crippen LogP contribution in [-0.4, -0.2) is 47.8 Å². The second-order valence-corrected chi connectivity index (χ2v) is 10.4. The van der Waals surface area contributed by atoms with Gasteiger partial charge in [0.2, 0.25) is 15.9 Å². The van der Waals surface area contributed by atoms with Crippen molar-refractivity contribution < 1.29 is 13.2 Å². The third kappa shape index (κ3) is 3.79. The van der Waals surface area contributed by atoms with Crippen molar-refractivity contribution in [2.24, 2.45) is 0 Å². The molecule has 2 aliphatic heterocycles. The first-order valence-corrected chi connectivity index (χ1v) is 12.5. The molecule has 33 heavy (non-hydrogen) atoms. The van der Waals surface area contributed by atoms with Gasteiger partial charge in [0.15, 0.2) is 0 Å². The SMILES string of the molecule is O=C(Cn1c(=O)[nH]c2ccccc2c1=O)N1CCc2cc(S(=O)(=O)N3CCCCC3)ccc21. The number of nitrogens with one attached hydrogen (secondary N) is 1. The Morgan fingerprint density at radius 3 is 2.52 bits per heavy atom. The van der Waals surface area contributed by atoms with E-state index in [0.717, 1.165) is 29.4 Å². The molecular weight excluding hydrogens is 444 g/mol. The molecule has 0 atom stereocenters. The number of amides is 1. The summed E-state index contributed by atoms with van der Waals surface area (Å²) >= 11 is 0. The molecule has 9 nitrogen and oxygen atoms in total. The van der Waals surface area contributed by atoms with Gasteiger partial charge in [-0.25, -0.2) is 13.2 Å². The highest BCUT2D eigenvalue weighted by Gasteiger charge is 2.30. The first kappa shape index (κ1) is 21.6. The number of carbonyl (C=O) groups is 1. The average molecular weight is 469 g/mol. The van der Waals surface area contributed by atoms with Gasteiger partial charge in [0.25, 0.3) is 5.56 Å². The fourth-order valence-electron chi connectivity index (χ4n) is 4.62. The number of sulfonamides is 1. The summed E-state index contributed by atoms with van der Waals surface area (Å²) in [5.74, 6) is -0.400. The number of para-hydroxylation sites is 1. The molecule has 2 aliphatic rings. The Kier molecular flexibility index (Phi) is 5.41. The van der Waals surface area contributed by atoms with Crippen molar-refractivity contribution >= 4 is 32.5 Å². The molecule has 1 N–H and O–H groups in total. The van der Waals surface area contributed by atoms with E-state index in [4.69, 9.17) is 0 Å². The molecule has 2 aromatic carbocycles. The number of anilines is 1. The molecule has 1 aromatic heterocycles. The highest BCUT2D eigenvalue weighted by atomic mass is 32.2. The monoisotopic (exact) mass is 468 g/mol. The van der Waals surface area contributed by atoms with Crippen molar-refractivity contribution in [1.82, 2.24) is 13.9 Å². The van der Waals surface area contributed by atoms with Crippen LogP contribution in [0.3, 0.4) is 0 Å². The van der Waals surface area contributed by atoms with Gasteiger partial charge in [0.1, 0.15) is 6.54 Å². The van der Waals surface area contributed by atoms with Crippen LogP contribution in [0.1, 0.15) is 24.8 Å². The third-order valence-corrected chi connectivity index (χ3v) is 8.28. The molecule has 10 heteroatoms. The van der Waals surface area contributed by atoms with Crippen LogP contribution >= 0.6 is 0 Å². The van der Waals surface area contributed by atoms with Crippen LogP contribution in [0.4, 0.5) is 5.69 Å². The number of hydrogen-bond acceptors (Lipinski definition) is 5. The van der Waals surface area contributed by atoms with Gasteiger partial charge in [-0.3, -0.25) is 14.2 Å². The number of piperidine rings is 1. The second-order valence-electron chi connectivity index (χ2n) is 8.42. The molecule has 1 amide bonds. The van der Waals surface area contributed by atoms with Crippen LogP contribution in [0.2, 0.25) is 0 Å². The Bertz CT molecular complexity index is 1470. The van der Waals surface area contributed by atoms with E-state index in [0.29, 0.717) is 42.6 Å². The lowest BCUT2D eigenvalue weighted by Gasteiger charge is -2.26. The number of aromatic amines is 1. The zero-order valence-electron chi connectivity index (χ0n) is 18.0. The zero-order chi connectivity index (χ0) is 23.2. The van der Waals surface area contributed by atoms with Crippen molar-refractivity contribution in [3.63, 3.8) is 0 Å². The summed E-state index contributed by atoms with van der Waals surface area (Å²) in [7, 11) is -3.56. The lowest BCUT2D eigenvalue weighted by molar-refractivity contribution is -0.119. The third-order valence-electron chi connectivity index (χ3n) is 6.38. The first-order valence-electron chi connectivity index (χ1n) is 11.0. The molecule has 0 spiro atoms. The molecule has 1 saturated heterocycles. The molecule has 0 saturated carbocycles. The number of hydrogen-bond donors (Lipinski definition) is 1. The molecule has 3 aromatic rings. The Hall–Kier alpha value is -3.24. The highest BCUT2D eigenvalue weighted by Crippen LogP contribution is 2.32. The Morgan fingerprint density at radius 1 is 0.970 bits per heavy atom. The number of fused-ring (bicyclic) bond motifs is 2. The van der Waals surface area contributed by atoms with E-state index in [1.807, 2.05) is 0 Å². The second kappa shape index (κ2) is 8.27. The molecule has 5 rings (SSSR count). The zero-order valence-corrected chi connectivity index (χ0v) is 18.8. The van der Waals surface area contributed by atoms with E-state index in [1.165, 1.54) is 15.3 Å². The number of rotatable bonds is 4. The number of aromatic nitrogens is 2. The van der Waals surface area contributed by atoms with Gasteiger partial charge in [-0.1, -0.05) is 18.6 Å². The van der Waals surface area contributed by atoms with Gasteiger partial charge in [-0.15, -0.1) is 0 Å². The van der Waals surface area contributed by atoms with E-state index in [9.17, 15) is 22.8 Å². The van der Waals surface area contributed by atoms with Crippen molar-refractivity contribution in [1.29, 1.82) is 0 Å². The largest absolute Gasteiger partial charge is 0.329 e. The summed E-state index contributed by atoms with van der Waals surface area (Å²) in [6.07, 6.45) is 3.27. The highest BCUT2D eigenvalue weighted by molar-refractivity contribution is 7.89. The summed E-state index contributed by atoms with van der Waals surface area (Å²) in [5.41, 5.74) is 0.633. The molecule has 0 radical (unpaired) electrons. The predicted octanol–water partition coefficient (Wildman–Crippen LogP) is 1.45. The van der Waals surface area contributed by atoms with Gasteiger partial charge in [0.05, 0.1) is 15.8 Å². The summed E-state index contributed by atoms with van der Waals surface area (Å²) in [6, 6.07) is 11.5. The minimum absolute atomic E-state index is 0.236. The Labute approximate surface area is 190 Å². The van der Waals surface area contributed by atoms with Crippen LogP contribution in [0.15, 0.2) is 56.9 Å². The molecule has 0 bridgehead atoms. The van der Waals surface area contributed by atoms with E-state index >= 15 is 0 Å². The van der Waals surface area contributed by atoms with Crippen molar-refractivity contribution in [2.45, 2.75) is 37.1 Å². The van der Waals surface area contributed by atoms with E-state index in [1.54, 1.807) is 36.4 Å². The van der Waals surface area contributed by atoms with E-state index < -0.39 is 33.7 Å². The van der Waals surface area contributed by atoms with E-state index in [2.05, 4.69) is 4.98 Å². The summed E-state index contributed by atoms with van der Waals surface area (Å²) in [4.78, 5) is 42.6. The van der Waals surface area contributed by atoms with Crippen molar-refractivity contribution in [2.75, 3.05) is 24.5 Å². The summed E-state index contributed by atoms with van der Waals surface area (Å²) in [6.45, 7) is 1.02. The van der Waals surface area contributed by atoms with Crippen LogP contribution in [0.5, 0.6) is 0 Å². The lowest BCUT2D eigenvalue weighted by Crippen LogP contribution is -2.42. The van der Waals surface area contributed by atoms with Gasteiger partial charge in [-0.2, -0.15) is 4.31 Å². The Morgan fingerprint density at radius 2 is 1.73 bits per heavy atom. The predicted molar refractivity (Wildman–Crippen MR) is 124 cm³/mol. The number of nitrogens with zero attached hydrogens (tertiary/aromatic N) is 3. The average Bonchev–Trinajstić information content (AvgIpc) is 3.26. The van der Waals surface area contributed by atoms with Crippen LogP contribution in [0, 0.1) is 0 Å². The fraction of sp³-hybridized carbons (Fsp3) is 0.348. The number of carbonyl (C=O) groups excluding carboxylic acids is 1. The Balaban J connectivity index is 1.41. The van der Waals surface area contributed by atoms with Crippen LogP contribution < -0.4 is 16.1 Å². The molecule has 1 fully saturated rings. The molecular formula is C23H24N4O5S. The normalized spacial score (nSPS) is 16.8. The van der Waals surface area contributed by atoms with Gasteiger partial charge in [-0.05, 0) is 55.2 Å². The van der Waals surface area contributed by atoms with Crippen LogP contribution in [-0.2, 0) is 27.8 Å². The lowest BCUT2D eigenvalue weighted by atomic mass is 10.2. The maximum Gasteiger partial charge on any atom is 0.329 e. The van der Waals surface area contributed by atoms with Crippen molar-refractivity contribution in [3.8, 4) is 0 Å². The maximum absolute atomic E-state index is 13.0. The minimum Gasteiger partial charge on any atom is -0.310 e. The van der Waals surface area contributed by atoms with Gasteiger partial charge in [0, 0.05) is 25.3 Å². The number of benzene rings is 2. The van der Waals surface area contributed by atoms with Gasteiger partial charge >= 0.3 is 5.69 Å². The minimum atomic E-state index is -3.56. The maximum atomic E-state index is 13.0. The molecule has 0 unspecified atom stereocenters. The van der Waals surface area contributed by atoms with E-state index in [-0.39, 0.29) is 4.90 Å². The topological polar surface area (TPSA) is 113 Å². The standard InChI is InChI=1S/C23H24N4O5S/c28-21(15-27-22(29)18-6-2-3-7-19(18)24-23(27)30)26-13-10-16-14-17(8-9-20(16)26)33(31,32)25-11-4-1-5-12-25/h2-3,6-9,14H,1,4-5,10-13,15H2,(H,24,30). The molecule has 3 heterocycles. The molecule has 0 aliphatic carbocycles.